The second-order valence-corrected chi connectivity index (χ2v) is 4.74. The first-order chi connectivity index (χ1) is 7.13. The molecule has 88 valence electrons. The predicted octanol–water partition coefficient (Wildman–Crippen LogP) is 1.68. The molecule has 15 heavy (non-hydrogen) atoms. The number of nitrogens with one attached hydrogen (secondary N) is 2. The summed E-state index contributed by atoms with van der Waals surface area (Å²) in [4.78, 5) is 11.5. The first-order valence-electron chi connectivity index (χ1n) is 6.17. The summed E-state index contributed by atoms with van der Waals surface area (Å²) in [6, 6.07) is 0.488. The standard InChI is InChI=1S/C12H24N2O/c1-4-13-12(15)10(3)14-11-7-5-9(2)6-8-11/h9-11,14H,4-8H2,1-3H3,(H,13,15). The molecule has 0 heterocycles. The van der Waals surface area contributed by atoms with Crippen molar-refractivity contribution in [3.8, 4) is 0 Å². The second-order valence-electron chi connectivity index (χ2n) is 4.74. The Balaban J connectivity index is 2.25. The van der Waals surface area contributed by atoms with Gasteiger partial charge in [0.25, 0.3) is 0 Å². The highest BCUT2D eigenvalue weighted by molar-refractivity contribution is 5.81. The minimum Gasteiger partial charge on any atom is -0.355 e. The maximum absolute atomic E-state index is 11.5. The molecule has 0 saturated heterocycles. The topological polar surface area (TPSA) is 41.1 Å². The van der Waals surface area contributed by atoms with Crippen LogP contribution in [0.5, 0.6) is 0 Å². The fourth-order valence-electron chi connectivity index (χ4n) is 2.18. The molecule has 1 fully saturated rings. The number of amides is 1. The fourth-order valence-corrected chi connectivity index (χ4v) is 2.18. The van der Waals surface area contributed by atoms with Gasteiger partial charge in [0.15, 0.2) is 0 Å². The summed E-state index contributed by atoms with van der Waals surface area (Å²) in [6.45, 7) is 6.92. The zero-order valence-electron chi connectivity index (χ0n) is 10.2. The van der Waals surface area contributed by atoms with Gasteiger partial charge in [-0.2, -0.15) is 0 Å². The first-order valence-corrected chi connectivity index (χ1v) is 6.17. The summed E-state index contributed by atoms with van der Waals surface area (Å²) in [6.07, 6.45) is 5.01. The maximum atomic E-state index is 11.5. The fraction of sp³-hybridized carbons (Fsp3) is 0.917. The number of carbonyl (C=O) groups excluding carboxylic acids is 1. The van der Waals surface area contributed by atoms with Crippen molar-refractivity contribution in [1.82, 2.24) is 10.6 Å². The summed E-state index contributed by atoms with van der Waals surface area (Å²) in [5, 5.41) is 6.25. The lowest BCUT2D eigenvalue weighted by atomic mass is 9.87. The van der Waals surface area contributed by atoms with E-state index in [1.807, 2.05) is 13.8 Å². The molecule has 1 amide bonds. The Morgan fingerprint density at radius 1 is 1.33 bits per heavy atom. The molecule has 3 nitrogen and oxygen atoms in total. The van der Waals surface area contributed by atoms with Crippen LogP contribution in [-0.2, 0) is 4.79 Å². The summed E-state index contributed by atoms with van der Waals surface area (Å²) in [5.41, 5.74) is 0. The van der Waals surface area contributed by atoms with Crippen LogP contribution in [0.1, 0.15) is 46.5 Å². The molecule has 0 bridgehead atoms. The largest absolute Gasteiger partial charge is 0.355 e. The van der Waals surface area contributed by atoms with Crippen LogP contribution >= 0.6 is 0 Å². The van der Waals surface area contributed by atoms with E-state index >= 15 is 0 Å². The maximum Gasteiger partial charge on any atom is 0.236 e. The van der Waals surface area contributed by atoms with Crippen molar-refractivity contribution >= 4 is 5.91 Å². The molecule has 0 spiro atoms. The second kappa shape index (κ2) is 6.11. The Morgan fingerprint density at radius 3 is 2.47 bits per heavy atom. The van der Waals surface area contributed by atoms with Gasteiger partial charge >= 0.3 is 0 Å². The zero-order valence-corrected chi connectivity index (χ0v) is 10.2. The Hall–Kier alpha value is -0.570. The molecule has 1 saturated carbocycles. The number of hydrogen-bond donors (Lipinski definition) is 2. The van der Waals surface area contributed by atoms with Gasteiger partial charge in [-0.05, 0) is 45.4 Å². The Bertz CT molecular complexity index is 198. The average molecular weight is 212 g/mol. The van der Waals surface area contributed by atoms with Crippen LogP contribution < -0.4 is 10.6 Å². The van der Waals surface area contributed by atoms with E-state index in [1.165, 1.54) is 25.7 Å². The zero-order chi connectivity index (χ0) is 11.3. The van der Waals surface area contributed by atoms with Crippen molar-refractivity contribution in [3.05, 3.63) is 0 Å². The molecular weight excluding hydrogens is 188 g/mol. The molecule has 1 rings (SSSR count). The number of hydrogen-bond acceptors (Lipinski definition) is 2. The summed E-state index contributed by atoms with van der Waals surface area (Å²) in [7, 11) is 0. The quantitative estimate of drug-likeness (QED) is 0.744. The lowest BCUT2D eigenvalue weighted by Gasteiger charge is -2.29. The van der Waals surface area contributed by atoms with Gasteiger partial charge in [0.05, 0.1) is 6.04 Å². The van der Waals surface area contributed by atoms with Crippen LogP contribution in [0, 0.1) is 5.92 Å². The van der Waals surface area contributed by atoms with Crippen LogP contribution in [0.3, 0.4) is 0 Å². The van der Waals surface area contributed by atoms with Gasteiger partial charge in [0.1, 0.15) is 0 Å². The van der Waals surface area contributed by atoms with E-state index in [1.54, 1.807) is 0 Å². The molecule has 1 unspecified atom stereocenters. The number of likely N-dealkylation sites (N-methyl/N-ethyl adjacent to an activating group) is 1. The van der Waals surface area contributed by atoms with Crippen molar-refractivity contribution in [1.29, 1.82) is 0 Å². The summed E-state index contributed by atoms with van der Waals surface area (Å²) < 4.78 is 0. The highest BCUT2D eigenvalue weighted by Crippen LogP contribution is 2.23. The first kappa shape index (κ1) is 12.5. The van der Waals surface area contributed by atoms with Crippen molar-refractivity contribution < 1.29 is 4.79 Å². The van der Waals surface area contributed by atoms with E-state index in [-0.39, 0.29) is 11.9 Å². The third-order valence-electron chi connectivity index (χ3n) is 3.25. The smallest absolute Gasteiger partial charge is 0.236 e. The normalized spacial score (nSPS) is 28.5. The third-order valence-corrected chi connectivity index (χ3v) is 3.25. The van der Waals surface area contributed by atoms with E-state index in [0.717, 1.165) is 5.92 Å². The molecule has 1 aliphatic carbocycles. The number of rotatable bonds is 4. The van der Waals surface area contributed by atoms with Crippen LogP contribution in [0.4, 0.5) is 0 Å². The van der Waals surface area contributed by atoms with Crippen LogP contribution in [0.2, 0.25) is 0 Å². The molecule has 0 aromatic carbocycles. The van der Waals surface area contributed by atoms with E-state index in [0.29, 0.717) is 12.6 Å². The number of carbonyl (C=O) groups is 1. The van der Waals surface area contributed by atoms with Crippen molar-refractivity contribution in [3.63, 3.8) is 0 Å². The Kier molecular flexibility index (Phi) is 5.09. The Labute approximate surface area is 93.0 Å². The minimum atomic E-state index is -0.0524. The lowest BCUT2D eigenvalue weighted by molar-refractivity contribution is -0.122. The molecule has 3 heteroatoms. The van der Waals surface area contributed by atoms with Gasteiger partial charge in [-0.25, -0.2) is 0 Å². The lowest BCUT2D eigenvalue weighted by Crippen LogP contribution is -2.47. The van der Waals surface area contributed by atoms with Crippen LogP contribution in [-0.4, -0.2) is 24.5 Å². The van der Waals surface area contributed by atoms with E-state index < -0.39 is 0 Å². The van der Waals surface area contributed by atoms with Gasteiger partial charge in [0.2, 0.25) is 5.91 Å². The molecular formula is C12H24N2O. The van der Waals surface area contributed by atoms with Gasteiger partial charge in [-0.1, -0.05) is 6.92 Å². The third kappa shape index (κ3) is 4.20. The summed E-state index contributed by atoms with van der Waals surface area (Å²) in [5.74, 6) is 0.985. The van der Waals surface area contributed by atoms with E-state index in [4.69, 9.17) is 0 Å². The van der Waals surface area contributed by atoms with Gasteiger partial charge in [0, 0.05) is 12.6 Å². The van der Waals surface area contributed by atoms with Gasteiger partial charge in [-0.3, -0.25) is 4.79 Å². The van der Waals surface area contributed by atoms with Crippen LogP contribution in [0.15, 0.2) is 0 Å². The van der Waals surface area contributed by atoms with Crippen molar-refractivity contribution in [2.75, 3.05) is 6.54 Å². The van der Waals surface area contributed by atoms with Crippen molar-refractivity contribution in [2.24, 2.45) is 5.92 Å². The molecule has 0 aromatic rings. The molecule has 0 aromatic heterocycles. The molecule has 2 N–H and O–H groups in total. The highest BCUT2D eigenvalue weighted by Gasteiger charge is 2.21. The minimum absolute atomic E-state index is 0.0524. The highest BCUT2D eigenvalue weighted by atomic mass is 16.2. The molecule has 0 aliphatic heterocycles. The summed E-state index contributed by atoms with van der Waals surface area (Å²) >= 11 is 0. The Morgan fingerprint density at radius 2 is 1.93 bits per heavy atom. The SMILES string of the molecule is CCNC(=O)C(C)NC1CCC(C)CC1. The monoisotopic (exact) mass is 212 g/mol. The molecule has 0 radical (unpaired) electrons. The molecule has 1 atom stereocenters. The average Bonchev–Trinajstić information content (AvgIpc) is 2.22. The van der Waals surface area contributed by atoms with E-state index in [9.17, 15) is 4.79 Å². The van der Waals surface area contributed by atoms with Gasteiger partial charge < -0.3 is 10.6 Å². The molecule has 1 aliphatic rings. The van der Waals surface area contributed by atoms with Crippen LogP contribution in [0.25, 0.3) is 0 Å². The predicted molar refractivity (Wildman–Crippen MR) is 62.7 cm³/mol. The van der Waals surface area contributed by atoms with E-state index in [2.05, 4.69) is 17.6 Å². The van der Waals surface area contributed by atoms with Gasteiger partial charge in [-0.15, -0.1) is 0 Å². The van der Waals surface area contributed by atoms with Crippen molar-refractivity contribution in [2.45, 2.75) is 58.5 Å².